The first-order valence-electron chi connectivity index (χ1n) is 9.99. The largest absolute Gasteiger partial charge is 0.462 e. The number of likely N-dealkylation sites (N-methyl/N-ethyl adjacent to an activating group) is 1. The Bertz CT molecular complexity index is 906. The summed E-state index contributed by atoms with van der Waals surface area (Å²) in [5.74, 6) is -0.426. The molecule has 3 rings (SSSR count). The summed E-state index contributed by atoms with van der Waals surface area (Å²) in [5.41, 5.74) is 1.46. The van der Waals surface area contributed by atoms with E-state index in [1.54, 1.807) is 36.2 Å². The summed E-state index contributed by atoms with van der Waals surface area (Å²) in [5, 5.41) is 0. The van der Waals surface area contributed by atoms with Gasteiger partial charge in [-0.05, 0) is 36.1 Å². The first-order valence-corrected chi connectivity index (χ1v) is 9.99. The average molecular weight is 393 g/mol. The number of carbonyl (C=O) groups excluding carboxylic acids is 3. The molecular weight excluding hydrogens is 366 g/mol. The third-order valence-corrected chi connectivity index (χ3v) is 5.74. The zero-order valence-electron chi connectivity index (χ0n) is 17.2. The summed E-state index contributed by atoms with van der Waals surface area (Å²) >= 11 is 0. The number of amides is 1. The van der Waals surface area contributed by atoms with E-state index in [1.165, 1.54) is 0 Å². The van der Waals surface area contributed by atoms with Crippen LogP contribution in [-0.2, 0) is 19.7 Å². The number of ketones is 1. The summed E-state index contributed by atoms with van der Waals surface area (Å²) in [7, 11) is 1.76. The van der Waals surface area contributed by atoms with Gasteiger partial charge in [-0.25, -0.2) is 4.79 Å². The Hall–Kier alpha value is -2.95. The summed E-state index contributed by atoms with van der Waals surface area (Å²) < 4.78 is 5.25. The number of anilines is 1. The van der Waals surface area contributed by atoms with E-state index in [0.29, 0.717) is 12.0 Å². The van der Waals surface area contributed by atoms with Gasteiger partial charge in [0.2, 0.25) is 5.91 Å². The number of hydrogen-bond donors (Lipinski definition) is 0. The number of para-hydroxylation sites is 1. The number of nitrogens with zero attached hydrogens (tertiary/aromatic N) is 1. The van der Waals surface area contributed by atoms with E-state index in [2.05, 4.69) is 0 Å². The second kappa shape index (κ2) is 8.60. The quantitative estimate of drug-likeness (QED) is 0.499. The van der Waals surface area contributed by atoms with Crippen LogP contribution in [0.15, 0.2) is 54.6 Å². The minimum absolute atomic E-state index is 0.00733. The van der Waals surface area contributed by atoms with Crippen LogP contribution >= 0.6 is 0 Å². The lowest BCUT2D eigenvalue weighted by molar-refractivity contribution is -0.130. The maximum atomic E-state index is 13.1. The van der Waals surface area contributed by atoms with Crippen molar-refractivity contribution in [2.75, 3.05) is 18.6 Å². The SMILES string of the molecule is CC(C)[C@@]1(CC(=O)CCCOC(=O)c2ccccc2)C(=O)N(C)c2ccccc21. The van der Waals surface area contributed by atoms with Gasteiger partial charge >= 0.3 is 5.97 Å². The van der Waals surface area contributed by atoms with Gasteiger partial charge in [-0.3, -0.25) is 9.59 Å². The Balaban J connectivity index is 1.61. The van der Waals surface area contributed by atoms with Crippen LogP contribution in [0.25, 0.3) is 0 Å². The summed E-state index contributed by atoms with van der Waals surface area (Å²) in [6, 6.07) is 16.5. The number of hydrogen-bond acceptors (Lipinski definition) is 4. The Morgan fingerprint density at radius 1 is 1.03 bits per heavy atom. The van der Waals surface area contributed by atoms with E-state index in [1.807, 2.05) is 44.2 Å². The summed E-state index contributed by atoms with van der Waals surface area (Å²) in [6.07, 6.45) is 0.879. The molecule has 1 amide bonds. The average Bonchev–Trinajstić information content (AvgIpc) is 2.94. The summed E-state index contributed by atoms with van der Waals surface area (Å²) in [6.45, 7) is 4.16. The van der Waals surface area contributed by atoms with Crippen molar-refractivity contribution in [3.63, 3.8) is 0 Å². The first-order chi connectivity index (χ1) is 13.9. The van der Waals surface area contributed by atoms with Crippen molar-refractivity contribution in [2.24, 2.45) is 5.92 Å². The second-order valence-electron chi connectivity index (χ2n) is 7.83. The third kappa shape index (κ3) is 3.95. The highest BCUT2D eigenvalue weighted by molar-refractivity contribution is 6.10. The Morgan fingerprint density at radius 2 is 1.69 bits per heavy atom. The minimum atomic E-state index is -0.830. The number of fused-ring (bicyclic) bond motifs is 1. The zero-order valence-corrected chi connectivity index (χ0v) is 17.2. The lowest BCUT2D eigenvalue weighted by Gasteiger charge is -2.32. The van der Waals surface area contributed by atoms with Gasteiger partial charge in [0.1, 0.15) is 5.78 Å². The van der Waals surface area contributed by atoms with Gasteiger partial charge in [-0.2, -0.15) is 0 Å². The highest BCUT2D eigenvalue weighted by atomic mass is 16.5. The third-order valence-electron chi connectivity index (χ3n) is 5.74. The van der Waals surface area contributed by atoms with E-state index in [0.717, 1.165) is 11.3 Å². The molecule has 0 saturated heterocycles. The molecule has 0 N–H and O–H groups in total. The predicted molar refractivity (Wildman–Crippen MR) is 112 cm³/mol. The molecule has 1 aliphatic rings. The highest BCUT2D eigenvalue weighted by Gasteiger charge is 2.52. The van der Waals surface area contributed by atoms with Crippen LogP contribution in [0.2, 0.25) is 0 Å². The molecule has 5 nitrogen and oxygen atoms in total. The van der Waals surface area contributed by atoms with Crippen LogP contribution < -0.4 is 4.90 Å². The molecule has 1 aliphatic heterocycles. The van der Waals surface area contributed by atoms with E-state index in [4.69, 9.17) is 4.74 Å². The predicted octanol–water partition coefficient (Wildman–Crippen LogP) is 4.15. The molecule has 0 spiro atoms. The molecule has 29 heavy (non-hydrogen) atoms. The minimum Gasteiger partial charge on any atom is -0.462 e. The molecule has 0 radical (unpaired) electrons. The normalized spacial score (nSPS) is 18.1. The van der Waals surface area contributed by atoms with Gasteiger partial charge in [0.25, 0.3) is 0 Å². The van der Waals surface area contributed by atoms with Crippen molar-refractivity contribution in [2.45, 2.75) is 38.5 Å². The first kappa shape index (κ1) is 20.8. The number of esters is 1. The van der Waals surface area contributed by atoms with Gasteiger partial charge in [-0.1, -0.05) is 50.2 Å². The van der Waals surface area contributed by atoms with Crippen molar-refractivity contribution in [3.8, 4) is 0 Å². The van der Waals surface area contributed by atoms with Crippen LogP contribution in [0.5, 0.6) is 0 Å². The van der Waals surface area contributed by atoms with Crippen LogP contribution in [0.3, 0.4) is 0 Å². The molecule has 152 valence electrons. The standard InChI is InChI=1S/C24H27NO4/c1-17(2)24(20-13-7-8-14-21(20)25(3)23(24)28)16-19(26)12-9-15-29-22(27)18-10-5-4-6-11-18/h4-8,10-11,13-14,17H,9,12,15-16H2,1-3H3/t24-/m1/s1. The number of ether oxygens (including phenoxy) is 1. The maximum Gasteiger partial charge on any atom is 0.338 e. The molecule has 5 heteroatoms. The fourth-order valence-electron chi connectivity index (χ4n) is 4.09. The lowest BCUT2D eigenvalue weighted by atomic mass is 9.69. The number of rotatable bonds is 8. The van der Waals surface area contributed by atoms with Crippen LogP contribution in [-0.4, -0.2) is 31.3 Å². The van der Waals surface area contributed by atoms with Crippen molar-refractivity contribution >= 4 is 23.3 Å². The molecule has 1 heterocycles. The molecule has 0 bridgehead atoms. The molecule has 0 aromatic heterocycles. The monoisotopic (exact) mass is 393 g/mol. The summed E-state index contributed by atoms with van der Waals surface area (Å²) in [4.78, 5) is 39.5. The van der Waals surface area contributed by atoms with E-state index in [9.17, 15) is 14.4 Å². The highest BCUT2D eigenvalue weighted by Crippen LogP contribution is 2.48. The molecule has 0 unspecified atom stereocenters. The fourth-order valence-corrected chi connectivity index (χ4v) is 4.09. The molecule has 1 atom stereocenters. The van der Waals surface area contributed by atoms with Crippen molar-refractivity contribution in [1.29, 1.82) is 0 Å². The molecule has 0 aliphatic carbocycles. The van der Waals surface area contributed by atoms with Gasteiger partial charge in [0.15, 0.2) is 0 Å². The Morgan fingerprint density at radius 3 is 2.38 bits per heavy atom. The second-order valence-corrected chi connectivity index (χ2v) is 7.83. The van der Waals surface area contributed by atoms with Crippen molar-refractivity contribution in [1.82, 2.24) is 0 Å². The van der Waals surface area contributed by atoms with Crippen molar-refractivity contribution < 1.29 is 19.1 Å². The molecule has 0 fully saturated rings. The van der Waals surface area contributed by atoms with Crippen LogP contribution in [0.4, 0.5) is 5.69 Å². The van der Waals surface area contributed by atoms with Gasteiger partial charge in [0.05, 0.1) is 17.6 Å². The van der Waals surface area contributed by atoms with E-state index >= 15 is 0 Å². The van der Waals surface area contributed by atoms with E-state index in [-0.39, 0.29) is 37.1 Å². The van der Waals surface area contributed by atoms with Gasteiger partial charge in [0, 0.05) is 25.6 Å². The molecule has 2 aromatic rings. The fraction of sp³-hybridized carbons (Fsp3) is 0.375. The molecular formula is C24H27NO4. The molecule has 0 saturated carbocycles. The van der Waals surface area contributed by atoms with Gasteiger partial charge in [-0.15, -0.1) is 0 Å². The smallest absolute Gasteiger partial charge is 0.338 e. The molecule has 2 aromatic carbocycles. The number of carbonyl (C=O) groups is 3. The van der Waals surface area contributed by atoms with Crippen molar-refractivity contribution in [3.05, 3.63) is 65.7 Å². The number of benzene rings is 2. The topological polar surface area (TPSA) is 63.7 Å². The maximum absolute atomic E-state index is 13.1. The Kier molecular flexibility index (Phi) is 6.16. The Labute approximate surface area is 171 Å². The van der Waals surface area contributed by atoms with Gasteiger partial charge < -0.3 is 9.64 Å². The van der Waals surface area contributed by atoms with Crippen LogP contribution in [0, 0.1) is 5.92 Å². The number of Topliss-reactive ketones (excluding diaryl/α,β-unsaturated/α-hetero) is 1. The zero-order chi connectivity index (χ0) is 21.0. The van der Waals surface area contributed by atoms with E-state index < -0.39 is 11.4 Å². The van der Waals surface area contributed by atoms with Crippen LogP contribution in [0.1, 0.15) is 49.0 Å². The lowest BCUT2D eigenvalue weighted by Crippen LogP contribution is -2.44.